The summed E-state index contributed by atoms with van der Waals surface area (Å²) in [4.78, 5) is 22.1. The smallest absolute Gasteiger partial charge is 0.328 e. The highest BCUT2D eigenvalue weighted by molar-refractivity contribution is 5.85. The molecule has 1 atom stereocenters. The Hall–Kier alpha value is -2.14. The third-order valence-electron chi connectivity index (χ3n) is 2.78. The largest absolute Gasteiger partial charge is 0.478 e. The fourth-order valence-corrected chi connectivity index (χ4v) is 1.67. The molecule has 0 aliphatic heterocycles. The molecular weight excluding hydrogens is 270 g/mol. The molecule has 21 heavy (non-hydrogen) atoms. The summed E-state index contributed by atoms with van der Waals surface area (Å²) < 4.78 is 5.24. The Morgan fingerprint density at radius 2 is 1.86 bits per heavy atom. The molecule has 0 fully saturated rings. The zero-order valence-corrected chi connectivity index (χ0v) is 12.5. The minimum atomic E-state index is -0.982. The third kappa shape index (κ3) is 6.72. The number of nitrogens with one attached hydrogen (secondary N) is 1. The summed E-state index contributed by atoms with van der Waals surface area (Å²) in [5, 5.41) is 11.4. The zero-order valence-electron chi connectivity index (χ0n) is 12.5. The topological polar surface area (TPSA) is 75.6 Å². The van der Waals surface area contributed by atoms with Crippen molar-refractivity contribution < 1.29 is 19.4 Å². The number of carbonyl (C=O) groups is 2. The van der Waals surface area contributed by atoms with Crippen molar-refractivity contribution in [3.05, 3.63) is 41.5 Å². The Labute approximate surface area is 124 Å². The van der Waals surface area contributed by atoms with Crippen LogP contribution in [0, 0.1) is 0 Å². The first-order valence-electron chi connectivity index (χ1n) is 6.80. The van der Waals surface area contributed by atoms with Crippen LogP contribution in [0.3, 0.4) is 0 Å². The van der Waals surface area contributed by atoms with Crippen LogP contribution in [-0.2, 0) is 14.3 Å². The quantitative estimate of drug-likeness (QED) is 0.756. The van der Waals surface area contributed by atoms with E-state index in [9.17, 15) is 9.59 Å². The molecule has 0 radical (unpaired) electrons. The van der Waals surface area contributed by atoms with E-state index in [1.54, 1.807) is 0 Å². The Balaban J connectivity index is 2.56. The van der Waals surface area contributed by atoms with Gasteiger partial charge in [0, 0.05) is 6.08 Å². The van der Waals surface area contributed by atoms with Gasteiger partial charge in [-0.05, 0) is 38.0 Å². The van der Waals surface area contributed by atoms with Gasteiger partial charge in [-0.3, -0.25) is 4.79 Å². The molecule has 0 heterocycles. The molecule has 1 rings (SSSR count). The molecular formula is C16H21NO4. The Morgan fingerprint density at radius 3 is 2.38 bits per heavy atom. The van der Waals surface area contributed by atoms with Gasteiger partial charge in [0.1, 0.15) is 6.61 Å². The first-order valence-corrected chi connectivity index (χ1v) is 6.80. The normalized spacial score (nSPS) is 12.6. The van der Waals surface area contributed by atoms with Gasteiger partial charge in [0.05, 0.1) is 12.1 Å². The molecule has 0 bridgehead atoms. The number of amides is 1. The van der Waals surface area contributed by atoms with Crippen LogP contribution < -0.4 is 5.32 Å². The van der Waals surface area contributed by atoms with Gasteiger partial charge in [0.2, 0.25) is 5.91 Å². The molecule has 0 aromatic heterocycles. The number of ether oxygens (including phenoxy) is 1. The van der Waals surface area contributed by atoms with Gasteiger partial charge in [-0.1, -0.05) is 24.3 Å². The average molecular weight is 291 g/mol. The van der Waals surface area contributed by atoms with E-state index < -0.39 is 5.97 Å². The van der Waals surface area contributed by atoms with Crippen LogP contribution >= 0.6 is 0 Å². The standard InChI is InChI=1S/C16H21NO4/c1-11(2)21-10-15(18)17-12(3)14-7-4-13(5-8-14)6-9-16(19)20/h4-9,11-12H,10H2,1-3H3,(H,17,18)(H,19,20)/b9-6+. The second kappa shape index (κ2) is 8.21. The molecule has 5 nitrogen and oxygen atoms in total. The second-order valence-corrected chi connectivity index (χ2v) is 4.99. The summed E-state index contributed by atoms with van der Waals surface area (Å²) in [6, 6.07) is 7.20. The predicted octanol–water partition coefficient (Wildman–Crippen LogP) is 2.39. The summed E-state index contributed by atoms with van der Waals surface area (Å²) in [5.74, 6) is -1.14. The third-order valence-corrected chi connectivity index (χ3v) is 2.78. The van der Waals surface area contributed by atoms with Crippen LogP contribution in [0.1, 0.15) is 37.9 Å². The molecule has 5 heteroatoms. The minimum Gasteiger partial charge on any atom is -0.478 e. The van der Waals surface area contributed by atoms with Gasteiger partial charge in [-0.25, -0.2) is 4.79 Å². The summed E-state index contributed by atoms with van der Waals surface area (Å²) in [6.07, 6.45) is 2.63. The van der Waals surface area contributed by atoms with Crippen molar-refractivity contribution >= 4 is 18.0 Å². The number of carboxylic acids is 1. The summed E-state index contributed by atoms with van der Waals surface area (Å²) in [5.41, 5.74) is 1.74. The Morgan fingerprint density at radius 1 is 1.24 bits per heavy atom. The molecule has 1 amide bonds. The average Bonchev–Trinajstić information content (AvgIpc) is 2.43. The Kier molecular flexibility index (Phi) is 6.62. The number of carboxylic acid groups (broad SMARTS) is 1. The van der Waals surface area contributed by atoms with Crippen molar-refractivity contribution in [2.75, 3.05) is 6.61 Å². The van der Waals surface area contributed by atoms with Gasteiger partial charge in [-0.2, -0.15) is 0 Å². The van der Waals surface area contributed by atoms with E-state index in [2.05, 4.69) is 5.32 Å². The van der Waals surface area contributed by atoms with Crippen LogP contribution in [0.5, 0.6) is 0 Å². The molecule has 0 aliphatic carbocycles. The second-order valence-electron chi connectivity index (χ2n) is 4.99. The summed E-state index contributed by atoms with van der Waals surface area (Å²) >= 11 is 0. The van der Waals surface area contributed by atoms with Crippen LogP contribution in [0.2, 0.25) is 0 Å². The first-order chi connectivity index (χ1) is 9.88. The van der Waals surface area contributed by atoms with E-state index >= 15 is 0 Å². The van der Waals surface area contributed by atoms with Crippen molar-refractivity contribution in [3.8, 4) is 0 Å². The van der Waals surface area contributed by atoms with E-state index in [-0.39, 0.29) is 24.7 Å². The molecule has 0 saturated carbocycles. The van der Waals surface area contributed by atoms with E-state index in [1.165, 1.54) is 6.08 Å². The first kappa shape index (κ1) is 16.9. The number of benzene rings is 1. The van der Waals surface area contributed by atoms with Crippen molar-refractivity contribution in [1.29, 1.82) is 0 Å². The molecule has 0 saturated heterocycles. The number of hydrogen-bond donors (Lipinski definition) is 2. The maximum atomic E-state index is 11.7. The molecule has 0 aliphatic rings. The van der Waals surface area contributed by atoms with Gasteiger partial charge in [0.15, 0.2) is 0 Å². The molecule has 0 spiro atoms. The lowest BCUT2D eigenvalue weighted by atomic mass is 10.1. The van der Waals surface area contributed by atoms with Gasteiger partial charge in [0.25, 0.3) is 0 Å². The van der Waals surface area contributed by atoms with Gasteiger partial charge in [-0.15, -0.1) is 0 Å². The van der Waals surface area contributed by atoms with Crippen LogP contribution in [0.4, 0.5) is 0 Å². The highest BCUT2D eigenvalue weighted by atomic mass is 16.5. The lowest BCUT2D eigenvalue weighted by Gasteiger charge is -2.15. The fraction of sp³-hybridized carbons (Fsp3) is 0.375. The number of hydrogen-bond acceptors (Lipinski definition) is 3. The molecule has 114 valence electrons. The molecule has 1 aromatic rings. The highest BCUT2D eigenvalue weighted by Crippen LogP contribution is 2.14. The van der Waals surface area contributed by atoms with Crippen molar-refractivity contribution in [1.82, 2.24) is 5.32 Å². The van der Waals surface area contributed by atoms with E-state index in [1.807, 2.05) is 45.0 Å². The van der Waals surface area contributed by atoms with Gasteiger partial charge >= 0.3 is 5.97 Å². The monoisotopic (exact) mass is 291 g/mol. The molecule has 2 N–H and O–H groups in total. The molecule has 1 unspecified atom stereocenters. The van der Waals surface area contributed by atoms with Crippen LogP contribution in [-0.4, -0.2) is 29.7 Å². The maximum Gasteiger partial charge on any atom is 0.328 e. The van der Waals surface area contributed by atoms with E-state index in [0.717, 1.165) is 17.2 Å². The number of carbonyl (C=O) groups excluding carboxylic acids is 1. The predicted molar refractivity (Wildman–Crippen MR) is 80.8 cm³/mol. The summed E-state index contributed by atoms with van der Waals surface area (Å²) in [6.45, 7) is 5.68. The van der Waals surface area contributed by atoms with Crippen LogP contribution in [0.15, 0.2) is 30.3 Å². The van der Waals surface area contributed by atoms with Crippen molar-refractivity contribution in [3.63, 3.8) is 0 Å². The van der Waals surface area contributed by atoms with Crippen molar-refractivity contribution in [2.24, 2.45) is 0 Å². The Bertz CT molecular complexity index is 506. The molecule has 1 aromatic carbocycles. The lowest BCUT2D eigenvalue weighted by Crippen LogP contribution is -2.31. The fourth-order valence-electron chi connectivity index (χ4n) is 1.67. The van der Waals surface area contributed by atoms with Gasteiger partial charge < -0.3 is 15.2 Å². The maximum absolute atomic E-state index is 11.7. The zero-order chi connectivity index (χ0) is 15.8. The minimum absolute atomic E-state index is 0.0198. The SMILES string of the molecule is CC(C)OCC(=O)NC(C)c1ccc(/C=C/C(=O)O)cc1. The van der Waals surface area contributed by atoms with E-state index in [4.69, 9.17) is 9.84 Å². The van der Waals surface area contributed by atoms with Crippen molar-refractivity contribution in [2.45, 2.75) is 32.9 Å². The summed E-state index contributed by atoms with van der Waals surface area (Å²) in [7, 11) is 0. The van der Waals surface area contributed by atoms with Crippen LogP contribution in [0.25, 0.3) is 6.08 Å². The lowest BCUT2D eigenvalue weighted by molar-refractivity contribution is -0.131. The number of aliphatic carboxylic acids is 1. The highest BCUT2D eigenvalue weighted by Gasteiger charge is 2.10. The van der Waals surface area contributed by atoms with E-state index in [0.29, 0.717) is 0 Å². The number of rotatable bonds is 7.